The molecule has 104 valence electrons. The highest BCUT2D eigenvalue weighted by atomic mass is 16.3. The van der Waals surface area contributed by atoms with Crippen LogP contribution in [-0.2, 0) is 11.3 Å². The van der Waals surface area contributed by atoms with Crippen LogP contribution in [-0.4, -0.2) is 40.6 Å². The van der Waals surface area contributed by atoms with Gasteiger partial charge in [0.15, 0.2) is 0 Å². The summed E-state index contributed by atoms with van der Waals surface area (Å²) in [6.07, 6.45) is 0.391. The summed E-state index contributed by atoms with van der Waals surface area (Å²) in [7, 11) is 0. The van der Waals surface area contributed by atoms with Crippen LogP contribution < -0.4 is 5.32 Å². The van der Waals surface area contributed by atoms with Crippen LogP contribution in [0.4, 0.5) is 0 Å². The van der Waals surface area contributed by atoms with Gasteiger partial charge in [0.05, 0.1) is 12.1 Å². The van der Waals surface area contributed by atoms with Gasteiger partial charge in [-0.05, 0) is 18.9 Å². The number of hydrogen-bond donors (Lipinski definition) is 2. The molecule has 1 aromatic carbocycles. The van der Waals surface area contributed by atoms with Crippen molar-refractivity contribution in [1.82, 2.24) is 10.2 Å². The van der Waals surface area contributed by atoms with E-state index in [9.17, 15) is 9.90 Å². The average Bonchev–Trinajstić information content (AvgIpc) is 2.63. The Kier molecular flexibility index (Phi) is 4.56. The predicted molar refractivity (Wildman–Crippen MR) is 74.5 cm³/mol. The molecule has 19 heavy (non-hydrogen) atoms. The number of carbonyl (C=O) groups excluding carboxylic acids is 1. The quantitative estimate of drug-likeness (QED) is 0.856. The maximum atomic E-state index is 11.0. The molecule has 1 saturated heterocycles. The summed E-state index contributed by atoms with van der Waals surface area (Å²) in [5.74, 6) is -0.0496. The molecule has 1 aromatic rings. The highest BCUT2D eigenvalue weighted by Crippen LogP contribution is 2.26. The number of nitrogens with one attached hydrogen (secondary N) is 1. The van der Waals surface area contributed by atoms with Gasteiger partial charge in [0.1, 0.15) is 0 Å². The van der Waals surface area contributed by atoms with Crippen molar-refractivity contribution >= 4 is 5.91 Å². The van der Waals surface area contributed by atoms with Gasteiger partial charge in [-0.2, -0.15) is 0 Å². The van der Waals surface area contributed by atoms with E-state index in [4.69, 9.17) is 0 Å². The molecule has 1 amide bonds. The van der Waals surface area contributed by atoms with Gasteiger partial charge in [0, 0.05) is 26.1 Å². The van der Waals surface area contributed by atoms with E-state index in [1.54, 1.807) is 0 Å². The van der Waals surface area contributed by atoms with Crippen molar-refractivity contribution in [3.05, 3.63) is 35.9 Å². The number of amides is 1. The highest BCUT2D eigenvalue weighted by molar-refractivity contribution is 5.72. The van der Waals surface area contributed by atoms with Crippen LogP contribution in [0.5, 0.6) is 0 Å². The second-order valence-corrected chi connectivity index (χ2v) is 5.31. The molecule has 3 atom stereocenters. The average molecular weight is 262 g/mol. The Morgan fingerprint density at radius 1 is 1.42 bits per heavy atom. The van der Waals surface area contributed by atoms with E-state index >= 15 is 0 Å². The zero-order valence-electron chi connectivity index (χ0n) is 11.5. The van der Waals surface area contributed by atoms with Gasteiger partial charge < -0.3 is 10.4 Å². The second kappa shape index (κ2) is 6.17. The third-order valence-electron chi connectivity index (χ3n) is 3.79. The molecule has 0 radical (unpaired) electrons. The van der Waals surface area contributed by atoms with E-state index in [-0.39, 0.29) is 18.1 Å². The Bertz CT molecular complexity index is 421. The number of hydrogen-bond acceptors (Lipinski definition) is 3. The minimum absolute atomic E-state index is 0.000828. The van der Waals surface area contributed by atoms with Crippen LogP contribution in [0.1, 0.15) is 25.8 Å². The molecule has 0 aromatic heterocycles. The van der Waals surface area contributed by atoms with E-state index in [0.717, 1.165) is 13.0 Å². The van der Waals surface area contributed by atoms with Crippen LogP contribution in [0.25, 0.3) is 0 Å². The van der Waals surface area contributed by atoms with Crippen LogP contribution in [0, 0.1) is 0 Å². The number of aliphatic hydroxyl groups is 1. The van der Waals surface area contributed by atoms with Crippen molar-refractivity contribution in [3.63, 3.8) is 0 Å². The molecule has 4 heteroatoms. The smallest absolute Gasteiger partial charge is 0.216 e. The van der Waals surface area contributed by atoms with E-state index in [1.165, 1.54) is 12.5 Å². The Morgan fingerprint density at radius 3 is 2.74 bits per heavy atom. The molecular formula is C15H22N2O2. The normalized spacial score (nSPS) is 27.4. The molecule has 1 heterocycles. The minimum atomic E-state index is -0.370. The van der Waals surface area contributed by atoms with Crippen LogP contribution in [0.3, 0.4) is 0 Å². The standard InChI is InChI=1S/C15H22N2O2/c1-11-8-15(19)14(9-16-12(2)18)17(11)10-13-6-4-3-5-7-13/h3-7,11,14-15,19H,8-10H2,1-2H3,(H,16,18). The van der Waals surface area contributed by atoms with Gasteiger partial charge in [-0.25, -0.2) is 0 Å². The first-order valence-corrected chi connectivity index (χ1v) is 6.80. The summed E-state index contributed by atoms with van der Waals surface area (Å²) in [4.78, 5) is 13.3. The van der Waals surface area contributed by atoms with Crippen molar-refractivity contribution in [1.29, 1.82) is 0 Å². The summed E-state index contributed by atoms with van der Waals surface area (Å²) < 4.78 is 0. The fourth-order valence-electron chi connectivity index (χ4n) is 2.76. The first-order chi connectivity index (χ1) is 9.08. The van der Waals surface area contributed by atoms with Crippen molar-refractivity contribution in [2.45, 2.75) is 45.0 Å². The molecule has 0 aliphatic carbocycles. The molecule has 1 aliphatic rings. The zero-order valence-corrected chi connectivity index (χ0v) is 11.5. The summed E-state index contributed by atoms with van der Waals surface area (Å²) in [6.45, 7) is 4.95. The third kappa shape index (κ3) is 3.55. The van der Waals surface area contributed by atoms with Gasteiger partial charge in [0.25, 0.3) is 0 Å². The summed E-state index contributed by atoms with van der Waals surface area (Å²) in [5, 5.41) is 12.9. The molecule has 2 rings (SSSR count). The molecule has 1 aliphatic heterocycles. The fraction of sp³-hybridized carbons (Fsp3) is 0.533. The maximum Gasteiger partial charge on any atom is 0.216 e. The van der Waals surface area contributed by atoms with Crippen molar-refractivity contribution in [3.8, 4) is 0 Å². The van der Waals surface area contributed by atoms with E-state index in [2.05, 4.69) is 29.3 Å². The van der Waals surface area contributed by atoms with Crippen molar-refractivity contribution < 1.29 is 9.90 Å². The second-order valence-electron chi connectivity index (χ2n) is 5.31. The maximum absolute atomic E-state index is 11.0. The molecule has 4 nitrogen and oxygen atoms in total. The van der Waals surface area contributed by atoms with Crippen LogP contribution in [0.2, 0.25) is 0 Å². The number of aliphatic hydroxyl groups excluding tert-OH is 1. The van der Waals surface area contributed by atoms with E-state index < -0.39 is 0 Å². The SMILES string of the molecule is CC(=O)NCC1C(O)CC(C)N1Cc1ccccc1. The lowest BCUT2D eigenvalue weighted by Gasteiger charge is -2.29. The summed E-state index contributed by atoms with van der Waals surface area (Å²) >= 11 is 0. The predicted octanol–water partition coefficient (Wildman–Crippen LogP) is 1.15. The number of benzene rings is 1. The Labute approximate surface area is 114 Å². The van der Waals surface area contributed by atoms with Crippen molar-refractivity contribution in [2.24, 2.45) is 0 Å². The Morgan fingerprint density at radius 2 is 2.11 bits per heavy atom. The molecular weight excluding hydrogens is 240 g/mol. The van der Waals surface area contributed by atoms with Gasteiger partial charge >= 0.3 is 0 Å². The lowest BCUT2D eigenvalue weighted by Crippen LogP contribution is -2.45. The molecule has 3 unspecified atom stereocenters. The van der Waals surface area contributed by atoms with Gasteiger partial charge in [-0.1, -0.05) is 30.3 Å². The van der Waals surface area contributed by atoms with Crippen LogP contribution >= 0.6 is 0 Å². The first kappa shape index (κ1) is 14.0. The molecule has 0 bridgehead atoms. The van der Waals surface area contributed by atoms with Gasteiger partial charge in [-0.3, -0.25) is 9.69 Å². The number of carbonyl (C=O) groups is 1. The topological polar surface area (TPSA) is 52.6 Å². The highest BCUT2D eigenvalue weighted by Gasteiger charge is 2.37. The molecule has 2 N–H and O–H groups in total. The molecule has 1 fully saturated rings. The van der Waals surface area contributed by atoms with Gasteiger partial charge in [0.2, 0.25) is 5.91 Å². The largest absolute Gasteiger partial charge is 0.391 e. The summed E-state index contributed by atoms with van der Waals surface area (Å²) in [6, 6.07) is 10.6. The lowest BCUT2D eigenvalue weighted by atomic mass is 10.1. The first-order valence-electron chi connectivity index (χ1n) is 6.80. The minimum Gasteiger partial charge on any atom is -0.391 e. The van der Waals surface area contributed by atoms with E-state index in [0.29, 0.717) is 12.6 Å². The van der Waals surface area contributed by atoms with Crippen LogP contribution in [0.15, 0.2) is 30.3 Å². The van der Waals surface area contributed by atoms with E-state index in [1.807, 2.05) is 18.2 Å². The lowest BCUT2D eigenvalue weighted by molar-refractivity contribution is -0.119. The number of rotatable bonds is 4. The molecule has 0 spiro atoms. The zero-order chi connectivity index (χ0) is 13.8. The third-order valence-corrected chi connectivity index (χ3v) is 3.79. The van der Waals surface area contributed by atoms with Gasteiger partial charge in [-0.15, -0.1) is 0 Å². The van der Waals surface area contributed by atoms with Crippen molar-refractivity contribution in [2.75, 3.05) is 6.54 Å². The molecule has 0 saturated carbocycles. The monoisotopic (exact) mass is 262 g/mol. The number of nitrogens with zero attached hydrogens (tertiary/aromatic N) is 1. The number of likely N-dealkylation sites (tertiary alicyclic amines) is 1. The fourth-order valence-corrected chi connectivity index (χ4v) is 2.76. The summed E-state index contributed by atoms with van der Waals surface area (Å²) in [5.41, 5.74) is 1.23. The Hall–Kier alpha value is -1.39. The Balaban J connectivity index is 2.04.